The predicted octanol–water partition coefficient (Wildman–Crippen LogP) is 0.723. The molecule has 0 saturated heterocycles. The van der Waals surface area contributed by atoms with E-state index in [1.807, 2.05) is 13.8 Å². The second kappa shape index (κ2) is 5.31. The fourth-order valence-corrected chi connectivity index (χ4v) is 1.92. The number of nitrogens with one attached hydrogen (secondary N) is 2. The molecule has 1 rings (SSSR count). The summed E-state index contributed by atoms with van der Waals surface area (Å²) in [6, 6.07) is 0.279. The largest absolute Gasteiger partial charge is 0.431 e. The van der Waals surface area contributed by atoms with Crippen LogP contribution in [-0.4, -0.2) is 31.7 Å². The minimum Gasteiger partial charge on any atom is -0.431 e. The molecule has 2 N–H and O–H groups in total. The molecular weight excluding hydrogens is 230 g/mol. The van der Waals surface area contributed by atoms with Gasteiger partial charge in [0.05, 0.1) is 11.4 Å². The molecule has 0 saturated carbocycles. The number of hydrogen-bond acceptors (Lipinski definition) is 5. The number of aromatic nitrogens is 1. The van der Waals surface area contributed by atoms with Gasteiger partial charge in [-0.2, -0.15) is 4.98 Å². The molecule has 0 radical (unpaired) electrons. The van der Waals surface area contributed by atoms with Crippen molar-refractivity contribution in [2.45, 2.75) is 26.8 Å². The van der Waals surface area contributed by atoms with Crippen molar-refractivity contribution in [2.75, 3.05) is 17.0 Å². The van der Waals surface area contributed by atoms with Crippen molar-refractivity contribution < 1.29 is 12.8 Å². The monoisotopic (exact) mass is 247 g/mol. The van der Waals surface area contributed by atoms with Gasteiger partial charge in [0, 0.05) is 12.6 Å². The Morgan fingerprint density at radius 2 is 2.19 bits per heavy atom. The maximum absolute atomic E-state index is 11.5. The number of nitrogens with zero attached hydrogens (tertiary/aromatic N) is 1. The molecule has 0 unspecified atom stereocenters. The number of sulfonamides is 1. The molecule has 92 valence electrons. The van der Waals surface area contributed by atoms with Gasteiger partial charge in [0.15, 0.2) is 0 Å². The van der Waals surface area contributed by atoms with Crippen molar-refractivity contribution >= 4 is 16.0 Å². The van der Waals surface area contributed by atoms with Crippen LogP contribution < -0.4 is 10.0 Å². The van der Waals surface area contributed by atoms with E-state index < -0.39 is 10.0 Å². The van der Waals surface area contributed by atoms with Crippen LogP contribution in [0.1, 0.15) is 19.5 Å². The Morgan fingerprint density at radius 3 is 2.69 bits per heavy atom. The minimum atomic E-state index is -3.39. The van der Waals surface area contributed by atoms with E-state index in [0.717, 1.165) is 0 Å². The fourth-order valence-electron chi connectivity index (χ4n) is 1.07. The summed E-state index contributed by atoms with van der Waals surface area (Å²) in [4.78, 5) is 3.86. The third kappa shape index (κ3) is 4.63. The summed E-state index contributed by atoms with van der Waals surface area (Å²) in [5.74, 6) is -0.00733. The van der Waals surface area contributed by atoms with Gasteiger partial charge >= 0.3 is 6.01 Å². The minimum absolute atomic E-state index is 0.00733. The van der Waals surface area contributed by atoms with Crippen molar-refractivity contribution in [1.29, 1.82) is 0 Å². The first-order valence-corrected chi connectivity index (χ1v) is 6.70. The first-order valence-electron chi connectivity index (χ1n) is 5.05. The zero-order chi connectivity index (χ0) is 12.2. The lowest BCUT2D eigenvalue weighted by atomic mass is 10.4. The predicted molar refractivity (Wildman–Crippen MR) is 61.8 cm³/mol. The Kier molecular flexibility index (Phi) is 4.31. The van der Waals surface area contributed by atoms with E-state index >= 15 is 0 Å². The molecule has 7 heteroatoms. The van der Waals surface area contributed by atoms with E-state index in [4.69, 9.17) is 4.42 Å². The number of anilines is 1. The highest BCUT2D eigenvalue weighted by atomic mass is 32.2. The molecule has 1 aromatic heterocycles. The zero-order valence-corrected chi connectivity index (χ0v) is 10.5. The van der Waals surface area contributed by atoms with Crippen molar-refractivity contribution in [1.82, 2.24) is 10.3 Å². The summed E-state index contributed by atoms with van der Waals surface area (Å²) < 4.78 is 30.3. The maximum Gasteiger partial charge on any atom is 0.308 e. The molecule has 1 heterocycles. The smallest absolute Gasteiger partial charge is 0.308 e. The molecule has 1 aromatic rings. The molecule has 0 spiro atoms. The van der Waals surface area contributed by atoms with E-state index in [1.165, 1.54) is 6.26 Å². The maximum atomic E-state index is 11.5. The Hall–Kier alpha value is -1.08. The zero-order valence-electron chi connectivity index (χ0n) is 9.65. The Morgan fingerprint density at radius 1 is 1.50 bits per heavy atom. The van der Waals surface area contributed by atoms with Gasteiger partial charge in [-0.3, -0.25) is 0 Å². The van der Waals surface area contributed by atoms with Crippen LogP contribution >= 0.6 is 0 Å². The van der Waals surface area contributed by atoms with Gasteiger partial charge in [-0.1, -0.05) is 13.8 Å². The molecule has 0 aromatic carbocycles. The van der Waals surface area contributed by atoms with Gasteiger partial charge in [0.25, 0.3) is 0 Å². The molecule has 0 fully saturated rings. The molecule has 0 atom stereocenters. The lowest BCUT2D eigenvalue weighted by Gasteiger charge is -2.08. The average Bonchev–Trinajstić information content (AvgIpc) is 2.48. The molecule has 0 amide bonds. The summed E-state index contributed by atoms with van der Waals surface area (Å²) in [5.41, 5.74) is 0.637. The molecule has 6 nitrogen and oxygen atoms in total. The average molecular weight is 247 g/mol. The first kappa shape index (κ1) is 13.0. The van der Waals surface area contributed by atoms with Crippen LogP contribution in [0.2, 0.25) is 0 Å². The van der Waals surface area contributed by atoms with Crippen molar-refractivity contribution in [3.8, 4) is 0 Å². The van der Waals surface area contributed by atoms with E-state index in [1.54, 1.807) is 6.92 Å². The standard InChI is InChI=1S/C9H17N3O3S/c1-7(2)10-4-5-16(13,14)12-9-11-8(3)6-15-9/h6-7,10H,4-5H2,1-3H3,(H,11,12). The molecule has 16 heavy (non-hydrogen) atoms. The summed E-state index contributed by atoms with van der Waals surface area (Å²) in [6.07, 6.45) is 1.39. The number of aryl methyl sites for hydroxylation is 1. The quantitative estimate of drug-likeness (QED) is 0.774. The third-order valence-corrected chi connectivity index (χ3v) is 3.01. The first-order chi connectivity index (χ1) is 7.39. The number of hydrogen-bond donors (Lipinski definition) is 2. The number of oxazole rings is 1. The second-order valence-electron chi connectivity index (χ2n) is 3.82. The fraction of sp³-hybridized carbons (Fsp3) is 0.667. The second-order valence-corrected chi connectivity index (χ2v) is 5.67. The molecule has 0 aliphatic carbocycles. The Bertz CT molecular complexity index is 425. The van der Waals surface area contributed by atoms with Crippen LogP contribution in [0.15, 0.2) is 10.7 Å². The summed E-state index contributed by atoms with van der Waals surface area (Å²) >= 11 is 0. The Balaban J connectivity index is 2.46. The highest BCUT2D eigenvalue weighted by Gasteiger charge is 2.13. The van der Waals surface area contributed by atoms with Crippen molar-refractivity contribution in [2.24, 2.45) is 0 Å². The van der Waals surface area contributed by atoms with Gasteiger partial charge in [0.1, 0.15) is 6.26 Å². The topological polar surface area (TPSA) is 84.2 Å². The lowest BCUT2D eigenvalue weighted by Crippen LogP contribution is -2.31. The summed E-state index contributed by atoms with van der Waals surface area (Å²) in [6.45, 7) is 6.03. The SMILES string of the molecule is Cc1coc(NS(=O)(=O)CCNC(C)C)n1. The van der Waals surface area contributed by atoms with Crippen LogP contribution in [0.25, 0.3) is 0 Å². The van der Waals surface area contributed by atoms with Gasteiger partial charge in [0.2, 0.25) is 10.0 Å². The third-order valence-electron chi connectivity index (χ3n) is 1.79. The van der Waals surface area contributed by atoms with Crippen molar-refractivity contribution in [3.63, 3.8) is 0 Å². The van der Waals surface area contributed by atoms with E-state index in [0.29, 0.717) is 12.2 Å². The van der Waals surface area contributed by atoms with E-state index in [-0.39, 0.29) is 17.8 Å². The van der Waals surface area contributed by atoms with Crippen molar-refractivity contribution in [3.05, 3.63) is 12.0 Å². The molecule has 0 bridgehead atoms. The molecular formula is C9H17N3O3S. The van der Waals surface area contributed by atoms with Crippen LogP contribution in [0.3, 0.4) is 0 Å². The Labute approximate surface area is 95.5 Å². The van der Waals surface area contributed by atoms with E-state index in [2.05, 4.69) is 15.0 Å². The number of rotatable bonds is 6. The lowest BCUT2D eigenvalue weighted by molar-refractivity contribution is 0.564. The van der Waals surface area contributed by atoms with Gasteiger partial charge in [-0.25, -0.2) is 13.1 Å². The van der Waals surface area contributed by atoms with Crippen LogP contribution in [0, 0.1) is 6.92 Å². The van der Waals surface area contributed by atoms with Crippen LogP contribution in [-0.2, 0) is 10.0 Å². The normalized spacial score (nSPS) is 12.0. The van der Waals surface area contributed by atoms with Gasteiger partial charge in [-0.15, -0.1) is 0 Å². The summed E-state index contributed by atoms with van der Waals surface area (Å²) in [5, 5.41) is 3.02. The van der Waals surface area contributed by atoms with Crippen LogP contribution in [0.5, 0.6) is 0 Å². The summed E-state index contributed by atoms with van der Waals surface area (Å²) in [7, 11) is -3.39. The highest BCUT2D eigenvalue weighted by Crippen LogP contribution is 2.08. The van der Waals surface area contributed by atoms with Gasteiger partial charge in [-0.05, 0) is 6.92 Å². The molecule has 0 aliphatic rings. The highest BCUT2D eigenvalue weighted by molar-refractivity contribution is 7.92. The van der Waals surface area contributed by atoms with Gasteiger partial charge < -0.3 is 9.73 Å². The van der Waals surface area contributed by atoms with E-state index in [9.17, 15) is 8.42 Å². The van der Waals surface area contributed by atoms with Crippen LogP contribution in [0.4, 0.5) is 6.01 Å². The molecule has 0 aliphatic heterocycles.